The molecule has 1 N–H and O–H groups in total. The Labute approximate surface area is 77.1 Å². The van der Waals surface area contributed by atoms with Gasteiger partial charge in [0.1, 0.15) is 0 Å². The van der Waals surface area contributed by atoms with Gasteiger partial charge in [0.25, 0.3) is 0 Å². The van der Waals surface area contributed by atoms with Crippen LogP contribution in [0.4, 0.5) is 0 Å². The highest BCUT2D eigenvalue weighted by atomic mass is 16.7. The van der Waals surface area contributed by atoms with Gasteiger partial charge >= 0.3 is 0 Å². The van der Waals surface area contributed by atoms with E-state index >= 15 is 0 Å². The average Bonchev–Trinajstić information content (AvgIpc) is 2.15. The van der Waals surface area contributed by atoms with E-state index in [4.69, 9.17) is 14.6 Å². The summed E-state index contributed by atoms with van der Waals surface area (Å²) in [5.74, 6) is 0.511. The summed E-state index contributed by atoms with van der Waals surface area (Å²) in [6, 6.07) is 3.49. The largest absolute Gasteiger partial charge is 0.451 e. The first-order chi connectivity index (χ1) is 6.27. The summed E-state index contributed by atoms with van der Waals surface area (Å²) in [5.41, 5.74) is 1.58. The lowest BCUT2D eigenvalue weighted by molar-refractivity contribution is 0.0477. The highest BCUT2D eigenvalue weighted by Gasteiger charge is 2.00. The van der Waals surface area contributed by atoms with Crippen LogP contribution in [0.15, 0.2) is 12.1 Å². The van der Waals surface area contributed by atoms with Gasteiger partial charge in [-0.05, 0) is 18.6 Å². The molecule has 0 radical (unpaired) electrons. The Balaban J connectivity index is 2.71. The Morgan fingerprint density at radius 1 is 1.46 bits per heavy atom. The van der Waals surface area contributed by atoms with Crippen LogP contribution in [0.3, 0.4) is 0 Å². The maximum Gasteiger partial charge on any atom is 0.215 e. The summed E-state index contributed by atoms with van der Waals surface area (Å²) in [5, 5.41) is 8.88. The van der Waals surface area contributed by atoms with Crippen LogP contribution in [0.1, 0.15) is 11.3 Å². The van der Waals surface area contributed by atoms with E-state index in [9.17, 15) is 0 Å². The van der Waals surface area contributed by atoms with Crippen molar-refractivity contribution < 1.29 is 14.6 Å². The van der Waals surface area contributed by atoms with Crippen molar-refractivity contribution in [3.8, 4) is 5.88 Å². The summed E-state index contributed by atoms with van der Waals surface area (Å²) >= 11 is 0. The lowest BCUT2D eigenvalue weighted by Crippen LogP contribution is -2.02. The molecule has 0 unspecified atom stereocenters. The number of pyridine rings is 1. The smallest absolute Gasteiger partial charge is 0.215 e. The number of hydrogen-bond donors (Lipinski definition) is 1. The Kier molecular flexibility index (Phi) is 3.67. The lowest BCUT2D eigenvalue weighted by Gasteiger charge is -2.06. The normalized spacial score (nSPS) is 10.1. The van der Waals surface area contributed by atoms with Crippen LogP contribution in [0.25, 0.3) is 0 Å². The molecule has 0 aliphatic rings. The van der Waals surface area contributed by atoms with Crippen molar-refractivity contribution in [3.63, 3.8) is 0 Å². The van der Waals surface area contributed by atoms with Gasteiger partial charge in [-0.25, -0.2) is 4.98 Å². The van der Waals surface area contributed by atoms with Crippen molar-refractivity contribution in [1.29, 1.82) is 0 Å². The fourth-order valence-corrected chi connectivity index (χ4v) is 0.934. The molecule has 0 saturated carbocycles. The van der Waals surface area contributed by atoms with E-state index in [1.165, 1.54) is 0 Å². The summed E-state index contributed by atoms with van der Waals surface area (Å²) in [6.45, 7) is 2.01. The molecule has 1 rings (SSSR count). The zero-order valence-electron chi connectivity index (χ0n) is 7.78. The summed E-state index contributed by atoms with van der Waals surface area (Å²) in [7, 11) is 1.55. The van der Waals surface area contributed by atoms with Crippen molar-refractivity contribution in [1.82, 2.24) is 4.98 Å². The fraction of sp³-hybridized carbons (Fsp3) is 0.444. The molecule has 72 valence electrons. The van der Waals surface area contributed by atoms with Crippen molar-refractivity contribution in [2.24, 2.45) is 0 Å². The van der Waals surface area contributed by atoms with Crippen LogP contribution in [0.2, 0.25) is 0 Å². The van der Waals surface area contributed by atoms with E-state index in [0.29, 0.717) is 5.88 Å². The topological polar surface area (TPSA) is 51.6 Å². The molecule has 0 bridgehead atoms. The van der Waals surface area contributed by atoms with Crippen LogP contribution in [0, 0.1) is 6.92 Å². The molecule has 0 aliphatic heterocycles. The third kappa shape index (κ3) is 2.68. The molecule has 1 aromatic rings. The highest BCUT2D eigenvalue weighted by molar-refractivity contribution is 5.24. The molecule has 13 heavy (non-hydrogen) atoms. The number of methoxy groups -OCH3 is 1. The van der Waals surface area contributed by atoms with E-state index in [1.54, 1.807) is 19.2 Å². The number of aromatic nitrogens is 1. The van der Waals surface area contributed by atoms with Gasteiger partial charge in [-0.1, -0.05) is 0 Å². The number of aryl methyl sites for hydroxylation is 1. The van der Waals surface area contributed by atoms with E-state index in [1.807, 2.05) is 6.92 Å². The predicted octanol–water partition coefficient (Wildman–Crippen LogP) is 0.865. The van der Waals surface area contributed by atoms with Gasteiger partial charge in [-0.3, -0.25) is 0 Å². The minimum atomic E-state index is 0.00336. The van der Waals surface area contributed by atoms with Gasteiger partial charge in [0.2, 0.25) is 5.88 Å². The van der Waals surface area contributed by atoms with Gasteiger partial charge in [0.15, 0.2) is 6.79 Å². The predicted molar refractivity (Wildman–Crippen MR) is 47.4 cm³/mol. The van der Waals surface area contributed by atoms with E-state index < -0.39 is 0 Å². The monoisotopic (exact) mass is 183 g/mol. The first kappa shape index (κ1) is 9.95. The number of aliphatic hydroxyl groups is 1. The van der Waals surface area contributed by atoms with Crippen LogP contribution < -0.4 is 4.74 Å². The molecular weight excluding hydrogens is 170 g/mol. The Hall–Kier alpha value is -1.13. The zero-order valence-corrected chi connectivity index (χ0v) is 7.78. The SMILES string of the molecule is COCOc1ccc(CO)c(C)n1. The second kappa shape index (κ2) is 4.79. The van der Waals surface area contributed by atoms with Gasteiger partial charge in [0, 0.05) is 18.9 Å². The third-order valence-electron chi connectivity index (χ3n) is 1.66. The molecule has 0 atom stereocenters. The number of nitrogens with zero attached hydrogens (tertiary/aromatic N) is 1. The molecule has 0 aliphatic carbocycles. The molecule has 1 aromatic heterocycles. The second-order valence-corrected chi connectivity index (χ2v) is 2.60. The quantitative estimate of drug-likeness (QED) is 0.703. The first-order valence-electron chi connectivity index (χ1n) is 3.97. The van der Waals surface area contributed by atoms with E-state index in [2.05, 4.69) is 4.98 Å². The molecule has 0 fully saturated rings. The molecule has 0 saturated heterocycles. The maximum absolute atomic E-state index is 8.88. The third-order valence-corrected chi connectivity index (χ3v) is 1.66. The van der Waals surface area contributed by atoms with Crippen molar-refractivity contribution in [2.75, 3.05) is 13.9 Å². The van der Waals surface area contributed by atoms with Crippen molar-refractivity contribution >= 4 is 0 Å². The van der Waals surface area contributed by atoms with E-state index in [0.717, 1.165) is 11.3 Å². The zero-order chi connectivity index (χ0) is 9.68. The van der Waals surface area contributed by atoms with Crippen molar-refractivity contribution in [2.45, 2.75) is 13.5 Å². The van der Waals surface area contributed by atoms with Crippen LogP contribution in [0.5, 0.6) is 5.88 Å². The fourth-order valence-electron chi connectivity index (χ4n) is 0.934. The number of rotatable bonds is 4. The van der Waals surface area contributed by atoms with Gasteiger partial charge in [-0.2, -0.15) is 0 Å². The van der Waals surface area contributed by atoms with Crippen LogP contribution >= 0.6 is 0 Å². The number of aliphatic hydroxyl groups excluding tert-OH is 1. The highest BCUT2D eigenvalue weighted by Crippen LogP contribution is 2.11. The number of ether oxygens (including phenoxy) is 2. The molecule has 4 nitrogen and oxygen atoms in total. The Bertz CT molecular complexity index is 276. The Morgan fingerprint density at radius 3 is 2.77 bits per heavy atom. The summed E-state index contributed by atoms with van der Waals surface area (Å²) < 4.78 is 9.85. The summed E-state index contributed by atoms with van der Waals surface area (Å²) in [4.78, 5) is 4.12. The second-order valence-electron chi connectivity index (χ2n) is 2.60. The molecular formula is C9H13NO3. The van der Waals surface area contributed by atoms with Crippen molar-refractivity contribution in [3.05, 3.63) is 23.4 Å². The minimum absolute atomic E-state index is 0.00336. The molecule has 4 heteroatoms. The molecule has 0 spiro atoms. The van der Waals surface area contributed by atoms with E-state index in [-0.39, 0.29) is 13.4 Å². The first-order valence-corrected chi connectivity index (χ1v) is 3.97. The van der Waals surface area contributed by atoms with Gasteiger partial charge < -0.3 is 14.6 Å². The maximum atomic E-state index is 8.88. The number of hydrogen-bond acceptors (Lipinski definition) is 4. The van der Waals surface area contributed by atoms with Crippen LogP contribution in [-0.4, -0.2) is 24.0 Å². The van der Waals surface area contributed by atoms with Gasteiger partial charge in [-0.15, -0.1) is 0 Å². The average molecular weight is 183 g/mol. The lowest BCUT2D eigenvalue weighted by atomic mass is 10.2. The minimum Gasteiger partial charge on any atom is -0.451 e. The van der Waals surface area contributed by atoms with Gasteiger partial charge in [0.05, 0.1) is 6.61 Å². The summed E-state index contributed by atoms with van der Waals surface area (Å²) in [6.07, 6.45) is 0. The molecule has 1 heterocycles. The van der Waals surface area contributed by atoms with Crippen LogP contribution in [-0.2, 0) is 11.3 Å². The Morgan fingerprint density at radius 2 is 2.23 bits per heavy atom. The molecule has 0 amide bonds. The molecule has 0 aromatic carbocycles. The standard InChI is InChI=1S/C9H13NO3/c1-7-8(5-11)3-4-9(10-7)13-6-12-2/h3-4,11H,5-6H2,1-2H3.